The molecule has 0 saturated carbocycles. The normalized spacial score (nSPS) is 13.0. The average Bonchev–Trinajstić information content (AvgIpc) is 3.16. The van der Waals surface area contributed by atoms with Crippen molar-refractivity contribution in [2.45, 2.75) is 0 Å². The standard InChI is InChI=1S/C20H17N3O2S/c1-24-14-7-5-13(6-8-14)19-16-12-15(25-2)9-10-17(16)21-20(23-22-19)18-4-3-11-26-18/h3-12H,1-2H3,(H,21,23). The van der Waals surface area contributed by atoms with E-state index in [1.165, 1.54) is 0 Å². The molecule has 0 bridgehead atoms. The zero-order valence-corrected chi connectivity index (χ0v) is 15.2. The van der Waals surface area contributed by atoms with Crippen LogP contribution in [0.15, 0.2) is 70.1 Å². The highest BCUT2D eigenvalue weighted by atomic mass is 32.1. The number of hydrogen-bond donors (Lipinski definition) is 1. The van der Waals surface area contributed by atoms with Crippen molar-refractivity contribution in [3.8, 4) is 11.5 Å². The molecule has 4 rings (SSSR count). The second-order valence-electron chi connectivity index (χ2n) is 5.62. The van der Waals surface area contributed by atoms with Gasteiger partial charge in [0, 0.05) is 11.1 Å². The molecule has 0 spiro atoms. The van der Waals surface area contributed by atoms with E-state index in [2.05, 4.69) is 10.5 Å². The molecule has 2 heterocycles. The molecule has 0 unspecified atom stereocenters. The number of nitrogens with one attached hydrogen (secondary N) is 1. The zero-order valence-electron chi connectivity index (χ0n) is 14.4. The first kappa shape index (κ1) is 16.4. The smallest absolute Gasteiger partial charge is 0.164 e. The van der Waals surface area contributed by atoms with Gasteiger partial charge in [0.15, 0.2) is 5.84 Å². The van der Waals surface area contributed by atoms with Crippen molar-refractivity contribution in [1.82, 2.24) is 5.43 Å². The van der Waals surface area contributed by atoms with Crippen LogP contribution in [0.4, 0.5) is 5.69 Å². The summed E-state index contributed by atoms with van der Waals surface area (Å²) in [5, 5.41) is 6.67. The molecular weight excluding hydrogens is 346 g/mol. The quantitative estimate of drug-likeness (QED) is 0.756. The Morgan fingerprint density at radius 1 is 0.923 bits per heavy atom. The number of nitrogens with zero attached hydrogens (tertiary/aromatic N) is 2. The van der Waals surface area contributed by atoms with Gasteiger partial charge in [-0.25, -0.2) is 4.99 Å². The number of rotatable bonds is 4. The van der Waals surface area contributed by atoms with E-state index in [0.29, 0.717) is 0 Å². The fourth-order valence-corrected chi connectivity index (χ4v) is 3.40. The van der Waals surface area contributed by atoms with Crippen LogP contribution in [0.25, 0.3) is 0 Å². The Morgan fingerprint density at radius 3 is 2.38 bits per heavy atom. The van der Waals surface area contributed by atoms with Crippen LogP contribution in [0.1, 0.15) is 16.0 Å². The summed E-state index contributed by atoms with van der Waals surface area (Å²) in [5.41, 5.74) is 6.64. The van der Waals surface area contributed by atoms with Gasteiger partial charge in [-0.05, 0) is 53.9 Å². The van der Waals surface area contributed by atoms with Crippen LogP contribution in [-0.4, -0.2) is 25.8 Å². The number of fused-ring (bicyclic) bond motifs is 1. The molecule has 3 aromatic rings. The third-order valence-electron chi connectivity index (χ3n) is 4.08. The van der Waals surface area contributed by atoms with E-state index in [9.17, 15) is 0 Å². The minimum Gasteiger partial charge on any atom is -0.497 e. The number of thiophene rings is 1. The Morgan fingerprint density at radius 2 is 1.69 bits per heavy atom. The van der Waals surface area contributed by atoms with Crippen molar-refractivity contribution in [2.24, 2.45) is 10.1 Å². The molecule has 6 heteroatoms. The summed E-state index contributed by atoms with van der Waals surface area (Å²) in [6.07, 6.45) is 0. The molecule has 0 amide bonds. The summed E-state index contributed by atoms with van der Waals surface area (Å²) in [6.45, 7) is 0. The molecular formula is C20H17N3O2S. The molecule has 0 saturated heterocycles. The number of benzene rings is 2. The van der Waals surface area contributed by atoms with Crippen molar-refractivity contribution in [1.29, 1.82) is 0 Å². The first-order valence-electron chi connectivity index (χ1n) is 8.07. The Labute approximate surface area is 155 Å². The Hall–Kier alpha value is -3.12. The maximum Gasteiger partial charge on any atom is 0.164 e. The number of amidine groups is 1. The molecule has 1 aromatic heterocycles. The van der Waals surface area contributed by atoms with Crippen LogP contribution in [0, 0.1) is 0 Å². The van der Waals surface area contributed by atoms with E-state index < -0.39 is 0 Å². The van der Waals surface area contributed by atoms with Gasteiger partial charge in [-0.1, -0.05) is 6.07 Å². The van der Waals surface area contributed by atoms with Gasteiger partial charge in [-0.3, -0.25) is 5.43 Å². The number of ether oxygens (including phenoxy) is 2. The van der Waals surface area contributed by atoms with Gasteiger partial charge in [0.05, 0.1) is 24.8 Å². The molecule has 0 radical (unpaired) electrons. The second-order valence-corrected chi connectivity index (χ2v) is 6.57. The lowest BCUT2D eigenvalue weighted by molar-refractivity contribution is 0.414. The Kier molecular flexibility index (Phi) is 4.41. The van der Waals surface area contributed by atoms with Crippen molar-refractivity contribution >= 4 is 28.6 Å². The first-order chi connectivity index (χ1) is 12.8. The highest BCUT2D eigenvalue weighted by molar-refractivity contribution is 7.12. The number of aliphatic imine (C=N–C) groups is 1. The summed E-state index contributed by atoms with van der Waals surface area (Å²) in [4.78, 5) is 5.82. The summed E-state index contributed by atoms with van der Waals surface area (Å²) < 4.78 is 10.7. The van der Waals surface area contributed by atoms with Crippen LogP contribution in [0.3, 0.4) is 0 Å². The Bertz CT molecular complexity index is 977. The molecule has 0 atom stereocenters. The average molecular weight is 363 g/mol. The minimum atomic E-state index is 0.731. The molecule has 0 fully saturated rings. The molecule has 26 heavy (non-hydrogen) atoms. The summed E-state index contributed by atoms with van der Waals surface area (Å²) >= 11 is 1.62. The van der Waals surface area contributed by atoms with E-state index in [4.69, 9.17) is 14.5 Å². The van der Waals surface area contributed by atoms with Gasteiger partial charge in [-0.15, -0.1) is 11.3 Å². The molecule has 1 aliphatic heterocycles. The molecule has 2 aromatic carbocycles. The number of hydrogen-bond acceptors (Lipinski definition) is 6. The summed E-state index contributed by atoms with van der Waals surface area (Å²) in [5.74, 6) is 2.30. The lowest BCUT2D eigenvalue weighted by Gasteiger charge is -2.10. The van der Waals surface area contributed by atoms with Crippen molar-refractivity contribution < 1.29 is 9.47 Å². The van der Waals surface area contributed by atoms with Crippen molar-refractivity contribution in [3.63, 3.8) is 0 Å². The van der Waals surface area contributed by atoms with Crippen molar-refractivity contribution in [3.05, 3.63) is 76.0 Å². The topological polar surface area (TPSA) is 55.2 Å². The zero-order chi connectivity index (χ0) is 17.9. The maximum absolute atomic E-state index is 5.40. The van der Waals surface area contributed by atoms with E-state index in [-0.39, 0.29) is 0 Å². The van der Waals surface area contributed by atoms with Crippen LogP contribution in [0.2, 0.25) is 0 Å². The summed E-state index contributed by atoms with van der Waals surface area (Å²) in [6, 6.07) is 17.6. The molecule has 1 N–H and O–H groups in total. The third-order valence-corrected chi connectivity index (χ3v) is 4.96. The predicted octanol–water partition coefficient (Wildman–Crippen LogP) is 4.20. The number of methoxy groups -OCH3 is 2. The van der Waals surface area contributed by atoms with Crippen LogP contribution < -0.4 is 14.9 Å². The predicted molar refractivity (Wildman–Crippen MR) is 105 cm³/mol. The largest absolute Gasteiger partial charge is 0.497 e. The van der Waals surface area contributed by atoms with Gasteiger partial charge in [-0.2, -0.15) is 5.10 Å². The maximum atomic E-state index is 5.40. The van der Waals surface area contributed by atoms with Gasteiger partial charge in [0.1, 0.15) is 17.2 Å². The fraction of sp³-hybridized carbons (Fsp3) is 0.100. The van der Waals surface area contributed by atoms with Crippen molar-refractivity contribution in [2.75, 3.05) is 14.2 Å². The van der Waals surface area contributed by atoms with Gasteiger partial charge >= 0.3 is 0 Å². The molecule has 0 aliphatic carbocycles. The van der Waals surface area contributed by atoms with E-state index in [1.807, 2.05) is 60.0 Å². The lowest BCUT2D eigenvalue weighted by atomic mass is 10.0. The van der Waals surface area contributed by atoms with Crippen LogP contribution in [0.5, 0.6) is 11.5 Å². The molecule has 5 nitrogen and oxygen atoms in total. The SMILES string of the molecule is COc1ccc(C2=NNC(c3cccs3)=Nc3ccc(OC)cc32)cc1. The first-order valence-corrected chi connectivity index (χ1v) is 8.95. The Balaban J connectivity index is 1.85. The highest BCUT2D eigenvalue weighted by Crippen LogP contribution is 2.30. The molecule has 130 valence electrons. The minimum absolute atomic E-state index is 0.731. The monoisotopic (exact) mass is 363 g/mol. The van der Waals surface area contributed by atoms with Gasteiger partial charge < -0.3 is 9.47 Å². The fourth-order valence-electron chi connectivity index (χ4n) is 2.74. The third kappa shape index (κ3) is 3.07. The summed E-state index contributed by atoms with van der Waals surface area (Å²) in [7, 11) is 3.31. The van der Waals surface area contributed by atoms with Gasteiger partial charge in [0.25, 0.3) is 0 Å². The second kappa shape index (κ2) is 7.01. The number of hydrazone groups is 1. The highest BCUT2D eigenvalue weighted by Gasteiger charge is 2.18. The lowest BCUT2D eigenvalue weighted by Crippen LogP contribution is -2.18. The molecule has 1 aliphatic rings. The van der Waals surface area contributed by atoms with E-state index in [1.54, 1.807) is 25.6 Å². The van der Waals surface area contributed by atoms with E-state index >= 15 is 0 Å². The van der Waals surface area contributed by atoms with Gasteiger partial charge in [0.2, 0.25) is 0 Å². The van der Waals surface area contributed by atoms with E-state index in [0.717, 1.165) is 44.7 Å². The van der Waals surface area contributed by atoms with Crippen LogP contribution >= 0.6 is 11.3 Å². The van der Waals surface area contributed by atoms with Crippen LogP contribution in [-0.2, 0) is 0 Å².